The van der Waals surface area contributed by atoms with Crippen LogP contribution in [0.25, 0.3) is 5.57 Å². The van der Waals surface area contributed by atoms with Crippen LogP contribution in [0.15, 0.2) is 35.9 Å². The molecule has 1 fully saturated rings. The number of likely N-dealkylation sites (tertiary alicyclic amines) is 1. The third-order valence-corrected chi connectivity index (χ3v) is 5.67. The Balaban J connectivity index is 2.14. The van der Waals surface area contributed by atoms with Crippen molar-refractivity contribution < 1.29 is 4.79 Å². The van der Waals surface area contributed by atoms with Gasteiger partial charge < -0.3 is 4.90 Å². The quantitative estimate of drug-likeness (QED) is 0.786. The van der Waals surface area contributed by atoms with E-state index in [4.69, 9.17) is 0 Å². The SMILES string of the molecule is CC1=C(c2ccccc2)C(C)(C)C2CCC(=O)N(C(C)C)C12. The zero-order valence-electron chi connectivity index (χ0n) is 14.4. The number of allylic oxidation sites excluding steroid dienone is 1. The molecule has 1 aliphatic carbocycles. The number of rotatable bonds is 2. The summed E-state index contributed by atoms with van der Waals surface area (Å²) in [6, 6.07) is 11.2. The molecule has 2 heteroatoms. The summed E-state index contributed by atoms with van der Waals surface area (Å²) in [7, 11) is 0. The summed E-state index contributed by atoms with van der Waals surface area (Å²) in [5.41, 5.74) is 4.27. The molecule has 1 saturated heterocycles. The molecule has 0 aromatic heterocycles. The second-order valence-corrected chi connectivity index (χ2v) is 7.63. The highest BCUT2D eigenvalue weighted by Gasteiger charge is 2.52. The first-order valence-corrected chi connectivity index (χ1v) is 8.43. The molecule has 0 N–H and O–H groups in total. The Bertz CT molecular complexity index is 612. The smallest absolute Gasteiger partial charge is 0.223 e. The third kappa shape index (κ3) is 2.12. The molecule has 1 aliphatic heterocycles. The van der Waals surface area contributed by atoms with Crippen molar-refractivity contribution in [3.63, 3.8) is 0 Å². The van der Waals surface area contributed by atoms with E-state index >= 15 is 0 Å². The molecule has 1 aromatic carbocycles. The zero-order chi connectivity index (χ0) is 16.1. The fourth-order valence-electron chi connectivity index (χ4n) is 4.84. The average Bonchev–Trinajstić information content (AvgIpc) is 2.66. The number of nitrogens with zero attached hydrogens (tertiary/aromatic N) is 1. The van der Waals surface area contributed by atoms with Gasteiger partial charge in [-0.25, -0.2) is 0 Å². The number of amides is 1. The van der Waals surface area contributed by atoms with Gasteiger partial charge in [0.2, 0.25) is 5.91 Å². The molecule has 2 nitrogen and oxygen atoms in total. The Morgan fingerprint density at radius 1 is 1.18 bits per heavy atom. The van der Waals surface area contributed by atoms with Gasteiger partial charge in [0.15, 0.2) is 0 Å². The summed E-state index contributed by atoms with van der Waals surface area (Å²) in [5, 5.41) is 0. The number of carbonyl (C=O) groups excluding carboxylic acids is 1. The van der Waals surface area contributed by atoms with E-state index in [1.165, 1.54) is 16.7 Å². The van der Waals surface area contributed by atoms with Crippen molar-refractivity contribution >= 4 is 11.5 Å². The minimum Gasteiger partial charge on any atom is -0.333 e. The Kier molecular flexibility index (Phi) is 3.66. The van der Waals surface area contributed by atoms with Gasteiger partial charge >= 0.3 is 0 Å². The highest BCUT2D eigenvalue weighted by atomic mass is 16.2. The van der Waals surface area contributed by atoms with Crippen molar-refractivity contribution in [1.29, 1.82) is 0 Å². The van der Waals surface area contributed by atoms with Crippen LogP contribution in [0.4, 0.5) is 0 Å². The van der Waals surface area contributed by atoms with Gasteiger partial charge in [0.1, 0.15) is 0 Å². The van der Waals surface area contributed by atoms with Crippen LogP contribution < -0.4 is 0 Å². The summed E-state index contributed by atoms with van der Waals surface area (Å²) in [6.45, 7) is 11.2. The molecule has 0 spiro atoms. The lowest BCUT2D eigenvalue weighted by atomic mass is 9.71. The van der Waals surface area contributed by atoms with Crippen LogP contribution in [0.1, 0.15) is 53.0 Å². The lowest BCUT2D eigenvalue weighted by Gasteiger charge is -2.45. The summed E-state index contributed by atoms with van der Waals surface area (Å²) in [5.74, 6) is 0.850. The molecular weight excluding hydrogens is 270 g/mol. The molecule has 118 valence electrons. The van der Waals surface area contributed by atoms with E-state index in [2.05, 4.69) is 69.9 Å². The van der Waals surface area contributed by atoms with Crippen LogP contribution in [0.2, 0.25) is 0 Å². The highest BCUT2D eigenvalue weighted by Crippen LogP contribution is 2.56. The molecule has 3 rings (SSSR count). The maximum absolute atomic E-state index is 12.5. The third-order valence-electron chi connectivity index (χ3n) is 5.67. The van der Waals surface area contributed by atoms with E-state index in [1.54, 1.807) is 0 Å². The minimum atomic E-state index is 0.115. The monoisotopic (exact) mass is 297 g/mol. The minimum absolute atomic E-state index is 0.115. The van der Waals surface area contributed by atoms with Crippen molar-refractivity contribution in [2.75, 3.05) is 0 Å². The van der Waals surface area contributed by atoms with Gasteiger partial charge in [0, 0.05) is 12.5 Å². The number of hydrogen-bond acceptors (Lipinski definition) is 1. The van der Waals surface area contributed by atoms with E-state index < -0.39 is 0 Å². The van der Waals surface area contributed by atoms with E-state index in [1.807, 2.05) is 0 Å². The summed E-state index contributed by atoms with van der Waals surface area (Å²) in [4.78, 5) is 14.6. The predicted molar refractivity (Wildman–Crippen MR) is 91.3 cm³/mol. The van der Waals surface area contributed by atoms with Crippen molar-refractivity contribution in [3.8, 4) is 0 Å². The molecule has 1 aromatic rings. The van der Waals surface area contributed by atoms with Crippen molar-refractivity contribution in [1.82, 2.24) is 4.90 Å². The second kappa shape index (κ2) is 5.26. The number of carbonyl (C=O) groups is 1. The summed E-state index contributed by atoms with van der Waals surface area (Å²) < 4.78 is 0. The highest BCUT2D eigenvalue weighted by molar-refractivity contribution is 5.83. The van der Waals surface area contributed by atoms with E-state index in [-0.39, 0.29) is 17.5 Å². The van der Waals surface area contributed by atoms with Crippen molar-refractivity contribution in [2.24, 2.45) is 11.3 Å². The lowest BCUT2D eigenvalue weighted by molar-refractivity contribution is -0.140. The molecule has 2 atom stereocenters. The topological polar surface area (TPSA) is 20.3 Å². The van der Waals surface area contributed by atoms with Gasteiger partial charge in [-0.3, -0.25) is 4.79 Å². The molecule has 2 aliphatic rings. The first-order valence-electron chi connectivity index (χ1n) is 8.43. The van der Waals surface area contributed by atoms with Gasteiger partial charge in [-0.2, -0.15) is 0 Å². The van der Waals surface area contributed by atoms with Gasteiger partial charge in [0.25, 0.3) is 0 Å². The molecule has 0 saturated carbocycles. The molecular formula is C20H27NO. The second-order valence-electron chi connectivity index (χ2n) is 7.63. The van der Waals surface area contributed by atoms with Gasteiger partial charge in [0.05, 0.1) is 6.04 Å². The van der Waals surface area contributed by atoms with Gasteiger partial charge in [-0.15, -0.1) is 0 Å². The van der Waals surface area contributed by atoms with Crippen molar-refractivity contribution in [3.05, 3.63) is 41.5 Å². The molecule has 1 heterocycles. The maximum atomic E-state index is 12.5. The normalized spacial score (nSPS) is 27.5. The van der Waals surface area contributed by atoms with Crippen LogP contribution in [-0.4, -0.2) is 22.9 Å². The van der Waals surface area contributed by atoms with Crippen molar-refractivity contribution in [2.45, 2.75) is 59.5 Å². The summed E-state index contributed by atoms with van der Waals surface area (Å²) in [6.07, 6.45) is 1.70. The molecule has 1 amide bonds. The largest absolute Gasteiger partial charge is 0.333 e. The van der Waals surface area contributed by atoms with Crippen LogP contribution in [0, 0.1) is 11.3 Å². The Hall–Kier alpha value is -1.57. The fourth-order valence-corrected chi connectivity index (χ4v) is 4.84. The molecule has 0 bridgehead atoms. The average molecular weight is 297 g/mol. The van der Waals surface area contributed by atoms with E-state index in [9.17, 15) is 4.79 Å². The Morgan fingerprint density at radius 3 is 2.41 bits per heavy atom. The van der Waals surface area contributed by atoms with Gasteiger partial charge in [-0.05, 0) is 55.2 Å². The zero-order valence-corrected chi connectivity index (χ0v) is 14.4. The van der Waals surface area contributed by atoms with E-state index in [0.29, 0.717) is 18.2 Å². The fraction of sp³-hybridized carbons (Fsp3) is 0.550. The summed E-state index contributed by atoms with van der Waals surface area (Å²) >= 11 is 0. The number of benzene rings is 1. The first-order chi connectivity index (χ1) is 10.4. The predicted octanol–water partition coefficient (Wildman–Crippen LogP) is 4.52. The number of hydrogen-bond donors (Lipinski definition) is 0. The Morgan fingerprint density at radius 2 is 1.82 bits per heavy atom. The van der Waals surface area contributed by atoms with Crippen LogP contribution in [0.3, 0.4) is 0 Å². The number of fused-ring (bicyclic) bond motifs is 1. The molecule has 2 unspecified atom stereocenters. The standard InChI is InChI=1S/C20H27NO/c1-13(2)21-17(22)12-11-16-19(21)14(3)18(20(16,4)5)15-9-7-6-8-10-15/h6-10,13,16,19H,11-12H2,1-5H3. The maximum Gasteiger partial charge on any atom is 0.223 e. The van der Waals surface area contributed by atoms with Crippen LogP contribution in [0.5, 0.6) is 0 Å². The molecule has 0 radical (unpaired) electrons. The molecule has 22 heavy (non-hydrogen) atoms. The lowest BCUT2D eigenvalue weighted by Crippen LogP contribution is -2.52. The number of piperidine rings is 1. The first kappa shape index (κ1) is 15.3. The van der Waals surface area contributed by atoms with Gasteiger partial charge in [-0.1, -0.05) is 44.2 Å². The van der Waals surface area contributed by atoms with Crippen LogP contribution >= 0.6 is 0 Å². The van der Waals surface area contributed by atoms with Crippen LogP contribution in [-0.2, 0) is 4.79 Å². The Labute approximate surface area is 134 Å². The van der Waals surface area contributed by atoms with E-state index in [0.717, 1.165) is 6.42 Å².